The van der Waals surface area contributed by atoms with Crippen molar-refractivity contribution < 1.29 is 18.8 Å². The molecule has 3 aromatic rings. The molecule has 4 rings (SSSR count). The monoisotopic (exact) mass is 405 g/mol. The lowest BCUT2D eigenvalue weighted by molar-refractivity contribution is -0.134. The minimum atomic E-state index is -0.660. The van der Waals surface area contributed by atoms with Gasteiger partial charge in [-0.1, -0.05) is 30.3 Å². The largest absolute Gasteiger partial charge is 0.340 e. The predicted molar refractivity (Wildman–Crippen MR) is 111 cm³/mol. The van der Waals surface area contributed by atoms with Crippen molar-refractivity contribution in [2.45, 2.75) is 13.5 Å². The van der Waals surface area contributed by atoms with Crippen molar-refractivity contribution in [3.8, 4) is 0 Å². The molecule has 1 aliphatic heterocycles. The van der Waals surface area contributed by atoms with Gasteiger partial charge < -0.3 is 4.57 Å². The van der Waals surface area contributed by atoms with E-state index in [0.717, 1.165) is 37.5 Å². The Balaban J connectivity index is 1.87. The molecular formula is C23H20FN3O3. The van der Waals surface area contributed by atoms with Gasteiger partial charge in [0.05, 0.1) is 0 Å². The number of hydrogen-bond acceptors (Lipinski definition) is 3. The van der Waals surface area contributed by atoms with E-state index in [9.17, 15) is 18.8 Å². The molecule has 4 amide bonds. The summed E-state index contributed by atoms with van der Waals surface area (Å²) in [5.74, 6) is -1.58. The van der Waals surface area contributed by atoms with Crippen LogP contribution in [0.2, 0.25) is 0 Å². The molecule has 1 aromatic heterocycles. The lowest BCUT2D eigenvalue weighted by atomic mass is 10.0. The molecule has 30 heavy (non-hydrogen) atoms. The molecule has 0 bridgehead atoms. The van der Waals surface area contributed by atoms with E-state index in [-0.39, 0.29) is 11.4 Å². The van der Waals surface area contributed by atoms with Crippen molar-refractivity contribution in [1.82, 2.24) is 14.4 Å². The number of imide groups is 2. The number of likely N-dealkylation sites (N-methyl/N-ethyl adjacent to an activating group) is 2. The third-order valence-corrected chi connectivity index (χ3v) is 5.44. The second-order valence-electron chi connectivity index (χ2n) is 7.30. The van der Waals surface area contributed by atoms with Gasteiger partial charge in [-0.2, -0.15) is 0 Å². The number of carbonyl (C=O) groups excluding carboxylic acids is 3. The van der Waals surface area contributed by atoms with Crippen LogP contribution in [0, 0.1) is 12.7 Å². The summed E-state index contributed by atoms with van der Waals surface area (Å²) in [6.07, 6.45) is 1.55. The van der Waals surface area contributed by atoms with Gasteiger partial charge in [-0.05, 0) is 36.8 Å². The van der Waals surface area contributed by atoms with Crippen LogP contribution in [0.15, 0.2) is 54.1 Å². The van der Waals surface area contributed by atoms with Gasteiger partial charge in [0.2, 0.25) is 0 Å². The van der Waals surface area contributed by atoms with Crippen LogP contribution in [-0.2, 0) is 16.1 Å². The lowest BCUT2D eigenvalue weighted by Crippen LogP contribution is -2.52. The molecule has 1 saturated heterocycles. The molecule has 0 unspecified atom stereocenters. The predicted octanol–water partition coefficient (Wildman–Crippen LogP) is 3.57. The molecule has 0 spiro atoms. The van der Waals surface area contributed by atoms with Crippen LogP contribution in [0.3, 0.4) is 0 Å². The van der Waals surface area contributed by atoms with Crippen LogP contribution < -0.4 is 0 Å². The van der Waals surface area contributed by atoms with Gasteiger partial charge in [0.15, 0.2) is 0 Å². The summed E-state index contributed by atoms with van der Waals surface area (Å²) in [7, 11) is 2.70. The summed E-state index contributed by atoms with van der Waals surface area (Å²) in [4.78, 5) is 39.1. The Morgan fingerprint density at radius 3 is 2.27 bits per heavy atom. The van der Waals surface area contributed by atoms with E-state index in [0.29, 0.717) is 6.54 Å². The van der Waals surface area contributed by atoms with Crippen molar-refractivity contribution >= 4 is 34.8 Å². The first kappa shape index (κ1) is 19.6. The van der Waals surface area contributed by atoms with E-state index in [1.165, 1.54) is 26.2 Å². The topological polar surface area (TPSA) is 62.6 Å². The highest BCUT2D eigenvalue weighted by atomic mass is 19.1. The number of fused-ring (bicyclic) bond motifs is 1. The first-order chi connectivity index (χ1) is 14.3. The molecule has 1 aliphatic rings. The summed E-state index contributed by atoms with van der Waals surface area (Å²) in [5.41, 5.74) is 3.18. The Morgan fingerprint density at radius 2 is 1.60 bits per heavy atom. The number of amides is 4. The van der Waals surface area contributed by atoms with Gasteiger partial charge in [-0.25, -0.2) is 9.18 Å². The molecular weight excluding hydrogens is 385 g/mol. The molecule has 6 nitrogen and oxygen atoms in total. The van der Waals surface area contributed by atoms with E-state index in [1.807, 2.05) is 41.8 Å². The van der Waals surface area contributed by atoms with Crippen LogP contribution in [-0.4, -0.2) is 46.3 Å². The number of urea groups is 1. The summed E-state index contributed by atoms with van der Waals surface area (Å²) in [6.45, 7) is 2.33. The highest BCUT2D eigenvalue weighted by Gasteiger charge is 2.38. The fourth-order valence-electron chi connectivity index (χ4n) is 3.78. The summed E-state index contributed by atoms with van der Waals surface area (Å²) in [6, 6.07) is 13.4. The average molecular weight is 405 g/mol. The molecule has 2 heterocycles. The number of rotatable bonds is 3. The number of hydrogen-bond donors (Lipinski definition) is 0. The minimum Gasteiger partial charge on any atom is -0.340 e. The van der Waals surface area contributed by atoms with Crippen molar-refractivity contribution in [1.29, 1.82) is 0 Å². The number of carbonyl (C=O) groups is 3. The van der Waals surface area contributed by atoms with Crippen LogP contribution in [0.25, 0.3) is 17.0 Å². The number of halogens is 1. The summed E-state index contributed by atoms with van der Waals surface area (Å²) in [5, 5.41) is 0.863. The van der Waals surface area contributed by atoms with Crippen molar-refractivity contribution in [3.05, 3.63) is 76.7 Å². The van der Waals surface area contributed by atoms with E-state index in [1.54, 1.807) is 12.1 Å². The first-order valence-electron chi connectivity index (χ1n) is 9.43. The SMILES string of the molecule is Cc1c(C=C2C(=O)N(C)C(=O)N(C)C2=O)c2ccccc2n1Cc1cccc(F)c1. The number of aromatic nitrogens is 1. The molecule has 7 heteroatoms. The first-order valence-corrected chi connectivity index (χ1v) is 9.43. The Labute approximate surface area is 172 Å². The normalized spacial score (nSPS) is 14.8. The summed E-state index contributed by atoms with van der Waals surface area (Å²) >= 11 is 0. The van der Waals surface area contributed by atoms with Crippen molar-refractivity contribution in [2.75, 3.05) is 14.1 Å². The van der Waals surface area contributed by atoms with Crippen LogP contribution in [0.1, 0.15) is 16.8 Å². The van der Waals surface area contributed by atoms with E-state index in [2.05, 4.69) is 0 Å². The smallest absolute Gasteiger partial charge is 0.333 e. The van der Waals surface area contributed by atoms with Gasteiger partial charge in [0.1, 0.15) is 11.4 Å². The van der Waals surface area contributed by atoms with Crippen LogP contribution in [0.4, 0.5) is 9.18 Å². The van der Waals surface area contributed by atoms with Gasteiger partial charge in [-0.3, -0.25) is 19.4 Å². The Morgan fingerprint density at radius 1 is 0.933 bits per heavy atom. The van der Waals surface area contributed by atoms with Gasteiger partial charge in [0.25, 0.3) is 11.8 Å². The molecule has 0 aliphatic carbocycles. The fraction of sp³-hybridized carbons (Fsp3) is 0.174. The van der Waals surface area contributed by atoms with Crippen molar-refractivity contribution in [2.24, 2.45) is 0 Å². The van der Waals surface area contributed by atoms with Gasteiger partial charge >= 0.3 is 6.03 Å². The molecule has 152 valence electrons. The zero-order valence-electron chi connectivity index (χ0n) is 16.8. The number of para-hydroxylation sites is 1. The summed E-state index contributed by atoms with van der Waals surface area (Å²) < 4.78 is 15.7. The van der Waals surface area contributed by atoms with E-state index in [4.69, 9.17) is 0 Å². The molecule has 0 atom stereocenters. The Hall–Kier alpha value is -3.74. The highest BCUT2D eigenvalue weighted by molar-refractivity contribution is 6.31. The van der Waals surface area contributed by atoms with Crippen LogP contribution in [0.5, 0.6) is 0 Å². The molecule has 0 radical (unpaired) electrons. The Bertz CT molecular complexity index is 1220. The Kier molecular flexibility index (Phi) is 4.73. The van der Waals surface area contributed by atoms with Gasteiger partial charge in [-0.15, -0.1) is 0 Å². The van der Waals surface area contributed by atoms with Crippen LogP contribution >= 0.6 is 0 Å². The zero-order valence-corrected chi connectivity index (χ0v) is 16.8. The molecule has 2 aromatic carbocycles. The maximum Gasteiger partial charge on any atom is 0.333 e. The minimum absolute atomic E-state index is 0.0728. The standard InChI is InChI=1S/C23H20FN3O3/c1-14-18(12-19-21(28)25(2)23(30)26(3)22(19)29)17-9-4-5-10-20(17)27(14)13-15-7-6-8-16(24)11-15/h4-12H,13H2,1-3H3. The van der Waals surface area contributed by atoms with Gasteiger partial charge in [0, 0.05) is 42.8 Å². The highest BCUT2D eigenvalue weighted by Crippen LogP contribution is 2.30. The average Bonchev–Trinajstić information content (AvgIpc) is 2.99. The maximum atomic E-state index is 13.7. The lowest BCUT2D eigenvalue weighted by Gasteiger charge is -2.28. The number of benzene rings is 2. The van der Waals surface area contributed by atoms with E-state index >= 15 is 0 Å². The third-order valence-electron chi connectivity index (χ3n) is 5.44. The van der Waals surface area contributed by atoms with E-state index < -0.39 is 17.8 Å². The van der Waals surface area contributed by atoms with Crippen molar-refractivity contribution in [3.63, 3.8) is 0 Å². The quantitative estimate of drug-likeness (QED) is 0.494. The second kappa shape index (κ2) is 7.26. The zero-order chi connectivity index (χ0) is 21.6. The molecule has 0 N–H and O–H groups in total. The number of barbiturate groups is 1. The fourth-order valence-corrected chi connectivity index (χ4v) is 3.78. The number of nitrogens with zero attached hydrogens (tertiary/aromatic N) is 3. The molecule has 0 saturated carbocycles. The maximum absolute atomic E-state index is 13.7. The molecule has 1 fully saturated rings. The second-order valence-corrected chi connectivity index (χ2v) is 7.30. The third kappa shape index (κ3) is 3.08.